The number of carbonyl (C=O) groups is 1. The second kappa shape index (κ2) is 4.36. The number of hydrogen-bond acceptors (Lipinski definition) is 6. The Morgan fingerprint density at radius 3 is 2.47 bits per heavy atom. The summed E-state index contributed by atoms with van der Waals surface area (Å²) in [6, 6.07) is 0. The first-order valence-electron chi connectivity index (χ1n) is 4.58. The second-order valence-electron chi connectivity index (χ2n) is 3.60. The lowest BCUT2D eigenvalue weighted by Crippen LogP contribution is -2.28. The van der Waals surface area contributed by atoms with Crippen molar-refractivity contribution < 1.29 is 26.9 Å². The van der Waals surface area contributed by atoms with E-state index in [1.165, 1.54) is 6.92 Å². The predicted molar refractivity (Wildman–Crippen MR) is 50.8 cm³/mol. The van der Waals surface area contributed by atoms with Gasteiger partial charge in [0, 0.05) is 0 Å². The van der Waals surface area contributed by atoms with E-state index in [4.69, 9.17) is 9.47 Å². The SMILES string of the molecule is CC(C)OC(=O)OC1CS(=O)(=O)OC1C. The Bertz CT molecular complexity index is 333. The third-order valence-electron chi connectivity index (χ3n) is 1.77. The first kappa shape index (κ1) is 12.3. The van der Waals surface area contributed by atoms with Crippen LogP contribution in [0.15, 0.2) is 0 Å². The first-order valence-corrected chi connectivity index (χ1v) is 6.16. The Kier molecular flexibility index (Phi) is 3.56. The van der Waals surface area contributed by atoms with Crippen LogP contribution in [0.25, 0.3) is 0 Å². The molecule has 2 atom stereocenters. The van der Waals surface area contributed by atoms with Crippen molar-refractivity contribution in [3.8, 4) is 0 Å². The van der Waals surface area contributed by atoms with E-state index in [9.17, 15) is 13.2 Å². The molecule has 88 valence electrons. The Labute approximate surface area is 88.6 Å². The van der Waals surface area contributed by atoms with Crippen molar-refractivity contribution in [1.29, 1.82) is 0 Å². The first-order chi connectivity index (χ1) is 6.80. The molecule has 0 amide bonds. The third-order valence-corrected chi connectivity index (χ3v) is 3.10. The summed E-state index contributed by atoms with van der Waals surface area (Å²) in [5.41, 5.74) is 0. The van der Waals surface area contributed by atoms with Crippen molar-refractivity contribution in [1.82, 2.24) is 0 Å². The number of ether oxygens (including phenoxy) is 2. The van der Waals surface area contributed by atoms with E-state index < -0.39 is 28.5 Å². The molecular weight excluding hydrogens is 224 g/mol. The molecule has 1 heterocycles. The molecular formula is C8H14O6S. The standard InChI is InChI=1S/C8H14O6S/c1-5(2)12-8(9)13-7-4-15(10,11)14-6(7)3/h5-7H,4H2,1-3H3. The maximum absolute atomic E-state index is 11.1. The number of rotatable bonds is 2. The molecule has 1 aliphatic heterocycles. The molecule has 0 N–H and O–H groups in total. The lowest BCUT2D eigenvalue weighted by atomic mass is 10.3. The Morgan fingerprint density at radius 2 is 2.07 bits per heavy atom. The molecule has 1 rings (SSSR count). The highest BCUT2D eigenvalue weighted by Gasteiger charge is 2.39. The molecule has 0 spiro atoms. The van der Waals surface area contributed by atoms with E-state index in [2.05, 4.69) is 4.18 Å². The largest absolute Gasteiger partial charge is 0.508 e. The maximum Gasteiger partial charge on any atom is 0.508 e. The van der Waals surface area contributed by atoms with Gasteiger partial charge in [-0.2, -0.15) is 8.42 Å². The van der Waals surface area contributed by atoms with Crippen LogP contribution in [0.5, 0.6) is 0 Å². The van der Waals surface area contributed by atoms with Crippen molar-refractivity contribution >= 4 is 16.3 Å². The zero-order chi connectivity index (χ0) is 11.6. The van der Waals surface area contributed by atoms with Crippen molar-refractivity contribution in [2.24, 2.45) is 0 Å². The van der Waals surface area contributed by atoms with Gasteiger partial charge in [0.25, 0.3) is 10.1 Å². The number of hydrogen-bond donors (Lipinski definition) is 0. The van der Waals surface area contributed by atoms with Crippen LogP contribution in [-0.4, -0.2) is 38.6 Å². The topological polar surface area (TPSA) is 78.9 Å². The molecule has 15 heavy (non-hydrogen) atoms. The van der Waals surface area contributed by atoms with Crippen LogP contribution in [-0.2, 0) is 23.8 Å². The van der Waals surface area contributed by atoms with Gasteiger partial charge in [-0.05, 0) is 20.8 Å². The van der Waals surface area contributed by atoms with Gasteiger partial charge in [0.2, 0.25) is 0 Å². The lowest BCUT2D eigenvalue weighted by Gasteiger charge is -2.14. The highest BCUT2D eigenvalue weighted by molar-refractivity contribution is 7.87. The van der Waals surface area contributed by atoms with Crippen LogP contribution in [0.3, 0.4) is 0 Å². The summed E-state index contributed by atoms with van der Waals surface area (Å²) < 4.78 is 36.1. The molecule has 0 aromatic carbocycles. The summed E-state index contributed by atoms with van der Waals surface area (Å²) in [5, 5.41) is 0. The quantitative estimate of drug-likeness (QED) is 0.519. The molecule has 0 saturated carbocycles. The highest BCUT2D eigenvalue weighted by atomic mass is 32.2. The van der Waals surface area contributed by atoms with Gasteiger partial charge in [0.15, 0.2) is 0 Å². The Balaban J connectivity index is 2.50. The molecule has 1 fully saturated rings. The van der Waals surface area contributed by atoms with E-state index in [1.54, 1.807) is 13.8 Å². The minimum atomic E-state index is -3.55. The van der Waals surface area contributed by atoms with Gasteiger partial charge in [-0.1, -0.05) is 0 Å². The van der Waals surface area contributed by atoms with Crippen LogP contribution in [0.1, 0.15) is 20.8 Å². The van der Waals surface area contributed by atoms with Crippen LogP contribution in [0, 0.1) is 0 Å². The van der Waals surface area contributed by atoms with Crippen LogP contribution < -0.4 is 0 Å². The molecule has 1 saturated heterocycles. The normalized spacial score (nSPS) is 29.1. The molecule has 6 nitrogen and oxygen atoms in total. The molecule has 1 aliphatic rings. The molecule has 0 bridgehead atoms. The molecule has 7 heteroatoms. The third kappa shape index (κ3) is 3.67. The summed E-state index contributed by atoms with van der Waals surface area (Å²) in [6.07, 6.45) is -2.62. The summed E-state index contributed by atoms with van der Waals surface area (Å²) >= 11 is 0. The van der Waals surface area contributed by atoms with E-state index in [0.717, 1.165) is 0 Å². The molecule has 0 aliphatic carbocycles. The van der Waals surface area contributed by atoms with Crippen molar-refractivity contribution in [3.63, 3.8) is 0 Å². The molecule has 0 aromatic rings. The predicted octanol–water partition coefficient (Wildman–Crippen LogP) is 0.665. The highest BCUT2D eigenvalue weighted by Crippen LogP contribution is 2.19. The van der Waals surface area contributed by atoms with E-state index in [1.807, 2.05) is 0 Å². The fourth-order valence-electron chi connectivity index (χ4n) is 1.14. The van der Waals surface area contributed by atoms with Gasteiger partial charge in [0.05, 0.1) is 6.10 Å². The van der Waals surface area contributed by atoms with Gasteiger partial charge in [0.1, 0.15) is 18.0 Å². The minimum absolute atomic E-state index is 0.299. The van der Waals surface area contributed by atoms with Crippen molar-refractivity contribution in [3.05, 3.63) is 0 Å². The summed E-state index contributed by atoms with van der Waals surface area (Å²) in [6.45, 7) is 4.87. The van der Waals surface area contributed by atoms with Crippen LogP contribution in [0.2, 0.25) is 0 Å². The second-order valence-corrected chi connectivity index (χ2v) is 5.24. The van der Waals surface area contributed by atoms with Gasteiger partial charge in [-0.3, -0.25) is 4.18 Å². The number of carbonyl (C=O) groups excluding carboxylic acids is 1. The van der Waals surface area contributed by atoms with E-state index in [0.29, 0.717) is 0 Å². The smallest absolute Gasteiger partial charge is 0.432 e. The summed E-state index contributed by atoms with van der Waals surface area (Å²) in [7, 11) is -3.55. The summed E-state index contributed by atoms with van der Waals surface area (Å²) in [5.74, 6) is -0.318. The zero-order valence-electron chi connectivity index (χ0n) is 8.80. The average Bonchev–Trinajstić information content (AvgIpc) is 2.22. The van der Waals surface area contributed by atoms with Crippen molar-refractivity contribution in [2.45, 2.75) is 39.1 Å². The van der Waals surface area contributed by atoms with Gasteiger partial charge in [-0.25, -0.2) is 4.79 Å². The van der Waals surface area contributed by atoms with Gasteiger partial charge >= 0.3 is 6.16 Å². The fourth-order valence-corrected chi connectivity index (χ4v) is 2.55. The Morgan fingerprint density at radius 1 is 1.47 bits per heavy atom. The zero-order valence-corrected chi connectivity index (χ0v) is 9.61. The van der Waals surface area contributed by atoms with E-state index >= 15 is 0 Å². The Hall–Kier alpha value is -0.820. The lowest BCUT2D eigenvalue weighted by molar-refractivity contribution is -0.00780. The minimum Gasteiger partial charge on any atom is -0.432 e. The molecule has 0 aromatic heterocycles. The van der Waals surface area contributed by atoms with Crippen LogP contribution in [0.4, 0.5) is 4.79 Å². The van der Waals surface area contributed by atoms with Gasteiger partial charge < -0.3 is 9.47 Å². The average molecular weight is 238 g/mol. The van der Waals surface area contributed by atoms with Crippen LogP contribution >= 0.6 is 0 Å². The maximum atomic E-state index is 11.1. The van der Waals surface area contributed by atoms with E-state index in [-0.39, 0.29) is 11.9 Å². The van der Waals surface area contributed by atoms with Crippen molar-refractivity contribution in [2.75, 3.05) is 5.75 Å². The monoisotopic (exact) mass is 238 g/mol. The summed E-state index contributed by atoms with van der Waals surface area (Å²) in [4.78, 5) is 11.1. The fraction of sp³-hybridized carbons (Fsp3) is 0.875. The molecule has 0 radical (unpaired) electrons. The molecule has 2 unspecified atom stereocenters. The van der Waals surface area contributed by atoms with Gasteiger partial charge in [-0.15, -0.1) is 0 Å².